The Morgan fingerprint density at radius 3 is 2.48 bits per heavy atom. The molecule has 2 heterocycles. The van der Waals surface area contributed by atoms with Gasteiger partial charge in [-0.25, -0.2) is 0 Å². The molecule has 0 aliphatic carbocycles. The summed E-state index contributed by atoms with van der Waals surface area (Å²) in [6, 6.07) is 0.224. The minimum absolute atomic E-state index is 0. The molecule has 0 aromatic heterocycles. The van der Waals surface area contributed by atoms with Crippen molar-refractivity contribution in [3.05, 3.63) is 0 Å². The Morgan fingerprint density at radius 1 is 1.07 bits per heavy atom. The normalized spacial score (nSPS) is 23.0. The summed E-state index contributed by atoms with van der Waals surface area (Å²) in [6.07, 6.45) is 4.26. The van der Waals surface area contributed by atoms with Gasteiger partial charge in [-0.3, -0.25) is 14.6 Å². The van der Waals surface area contributed by atoms with Gasteiger partial charge in [-0.05, 0) is 32.1 Å². The van der Waals surface area contributed by atoms with E-state index < -0.39 is 0 Å². The summed E-state index contributed by atoms with van der Waals surface area (Å²) in [5.74, 6) is 1.75. The molecule has 7 nitrogen and oxygen atoms in total. The summed E-state index contributed by atoms with van der Waals surface area (Å²) in [5, 5.41) is 6.64. The molecule has 156 valence electrons. The summed E-state index contributed by atoms with van der Waals surface area (Å²) >= 11 is 0. The molecule has 0 bridgehead atoms. The van der Waals surface area contributed by atoms with Crippen molar-refractivity contribution in [1.82, 2.24) is 20.4 Å². The van der Waals surface area contributed by atoms with Crippen LogP contribution in [0.25, 0.3) is 0 Å². The van der Waals surface area contributed by atoms with Crippen LogP contribution in [0, 0.1) is 5.92 Å². The number of carbonyl (C=O) groups is 2. The first-order valence-corrected chi connectivity index (χ1v) is 10.1. The molecule has 8 heteroatoms. The van der Waals surface area contributed by atoms with E-state index in [9.17, 15) is 9.59 Å². The summed E-state index contributed by atoms with van der Waals surface area (Å²) in [5.41, 5.74) is 0. The van der Waals surface area contributed by atoms with Crippen LogP contribution in [-0.2, 0) is 9.59 Å². The number of likely N-dealkylation sites (tertiary alicyclic amines) is 2. The highest BCUT2D eigenvalue weighted by atomic mass is 127. The van der Waals surface area contributed by atoms with Crippen molar-refractivity contribution >= 4 is 41.8 Å². The van der Waals surface area contributed by atoms with Crippen LogP contribution in [0.4, 0.5) is 0 Å². The highest BCUT2D eigenvalue weighted by molar-refractivity contribution is 14.0. The molecule has 0 aromatic rings. The number of amides is 2. The average Bonchev–Trinajstić information content (AvgIpc) is 3.09. The molecular weight excluding hydrogens is 457 g/mol. The molecule has 0 saturated carbocycles. The lowest BCUT2D eigenvalue weighted by molar-refractivity contribution is -0.132. The van der Waals surface area contributed by atoms with Gasteiger partial charge in [0, 0.05) is 51.6 Å². The number of halogens is 1. The maximum absolute atomic E-state index is 12.4. The zero-order chi connectivity index (χ0) is 18.9. The first kappa shape index (κ1) is 24.0. The first-order chi connectivity index (χ1) is 12.5. The number of rotatable bonds is 6. The van der Waals surface area contributed by atoms with E-state index in [4.69, 9.17) is 0 Å². The smallest absolute Gasteiger partial charge is 0.224 e. The molecule has 2 atom stereocenters. The van der Waals surface area contributed by atoms with Gasteiger partial charge in [0.15, 0.2) is 5.96 Å². The molecule has 2 aliphatic rings. The van der Waals surface area contributed by atoms with Gasteiger partial charge >= 0.3 is 0 Å². The third-order valence-corrected chi connectivity index (χ3v) is 5.13. The molecule has 2 rings (SSSR count). The van der Waals surface area contributed by atoms with Crippen molar-refractivity contribution in [1.29, 1.82) is 0 Å². The highest BCUT2D eigenvalue weighted by Gasteiger charge is 2.26. The summed E-state index contributed by atoms with van der Waals surface area (Å²) in [6.45, 7) is 10.7. The van der Waals surface area contributed by atoms with E-state index in [-0.39, 0.29) is 41.8 Å². The van der Waals surface area contributed by atoms with E-state index in [1.165, 1.54) is 6.42 Å². The van der Waals surface area contributed by atoms with Crippen LogP contribution >= 0.6 is 24.0 Å². The topological polar surface area (TPSA) is 77.0 Å². The molecule has 2 N–H and O–H groups in total. The van der Waals surface area contributed by atoms with Gasteiger partial charge in [-0.2, -0.15) is 0 Å². The van der Waals surface area contributed by atoms with Gasteiger partial charge in [0.05, 0.1) is 6.54 Å². The number of piperidine rings is 1. The number of hydrogen-bond acceptors (Lipinski definition) is 3. The lowest BCUT2D eigenvalue weighted by Gasteiger charge is -2.30. The second-order valence-electron chi connectivity index (χ2n) is 7.42. The van der Waals surface area contributed by atoms with E-state index in [1.807, 2.05) is 23.6 Å². The van der Waals surface area contributed by atoms with Crippen LogP contribution in [-0.4, -0.2) is 72.9 Å². The van der Waals surface area contributed by atoms with Gasteiger partial charge in [-0.1, -0.05) is 13.8 Å². The van der Waals surface area contributed by atoms with E-state index >= 15 is 0 Å². The molecule has 0 spiro atoms. The fraction of sp³-hybridized carbons (Fsp3) is 0.842. The Kier molecular flexibility index (Phi) is 11.0. The number of hydrogen-bond donors (Lipinski definition) is 2. The summed E-state index contributed by atoms with van der Waals surface area (Å²) in [7, 11) is 0. The molecule has 2 saturated heterocycles. The van der Waals surface area contributed by atoms with Crippen LogP contribution in [0.1, 0.15) is 52.9 Å². The predicted octanol–water partition coefficient (Wildman–Crippen LogP) is 1.82. The van der Waals surface area contributed by atoms with Crippen LogP contribution in [0.3, 0.4) is 0 Å². The lowest BCUT2D eigenvalue weighted by atomic mass is 10.00. The Morgan fingerprint density at radius 2 is 1.81 bits per heavy atom. The molecule has 2 fully saturated rings. The van der Waals surface area contributed by atoms with E-state index in [0.29, 0.717) is 25.3 Å². The maximum atomic E-state index is 12.4. The maximum Gasteiger partial charge on any atom is 0.224 e. The fourth-order valence-electron chi connectivity index (χ4n) is 3.68. The SMILES string of the molecule is CCNC(=NCCC(=O)N1CCCC(C)C1)NC1CCN(C(=O)CC)C1.I. The molecule has 0 radical (unpaired) electrons. The van der Waals surface area contributed by atoms with Crippen LogP contribution in [0.15, 0.2) is 4.99 Å². The quantitative estimate of drug-likeness (QED) is 0.336. The Bertz CT molecular complexity index is 514. The van der Waals surface area contributed by atoms with Crippen LogP contribution in [0.5, 0.6) is 0 Å². The van der Waals surface area contributed by atoms with E-state index in [1.54, 1.807) is 0 Å². The third-order valence-electron chi connectivity index (χ3n) is 5.13. The van der Waals surface area contributed by atoms with Gasteiger partial charge in [0.2, 0.25) is 11.8 Å². The lowest BCUT2D eigenvalue weighted by Crippen LogP contribution is -2.45. The van der Waals surface area contributed by atoms with Gasteiger partial charge in [-0.15, -0.1) is 24.0 Å². The fourth-order valence-corrected chi connectivity index (χ4v) is 3.68. The van der Waals surface area contributed by atoms with E-state index in [2.05, 4.69) is 22.5 Å². The standard InChI is InChI=1S/C19H35N5O2.HI/c1-4-17(25)24-12-9-16(14-24)22-19(20-5-2)21-10-8-18(26)23-11-6-7-15(3)13-23;/h15-16H,4-14H2,1-3H3,(H2,20,21,22);1H. The summed E-state index contributed by atoms with van der Waals surface area (Å²) < 4.78 is 0. The Balaban J connectivity index is 0.00000364. The molecule has 27 heavy (non-hydrogen) atoms. The van der Waals surface area contributed by atoms with Crippen molar-refractivity contribution in [2.24, 2.45) is 10.9 Å². The second kappa shape index (κ2) is 12.4. The zero-order valence-corrected chi connectivity index (χ0v) is 19.3. The second-order valence-corrected chi connectivity index (χ2v) is 7.42. The van der Waals surface area contributed by atoms with Crippen molar-refractivity contribution in [2.75, 3.05) is 39.3 Å². The first-order valence-electron chi connectivity index (χ1n) is 10.1. The Labute approximate surface area is 180 Å². The molecule has 2 unspecified atom stereocenters. The zero-order valence-electron chi connectivity index (χ0n) is 17.0. The number of aliphatic imine (C=N–C) groups is 1. The number of nitrogens with zero attached hydrogens (tertiary/aromatic N) is 3. The largest absolute Gasteiger partial charge is 0.357 e. The van der Waals surface area contributed by atoms with Crippen LogP contribution < -0.4 is 10.6 Å². The van der Waals surface area contributed by atoms with Crippen LogP contribution in [0.2, 0.25) is 0 Å². The number of carbonyl (C=O) groups excluding carboxylic acids is 2. The van der Waals surface area contributed by atoms with Gasteiger partial charge < -0.3 is 20.4 Å². The summed E-state index contributed by atoms with van der Waals surface area (Å²) in [4.78, 5) is 32.6. The molecule has 2 amide bonds. The average molecular weight is 493 g/mol. The van der Waals surface area contributed by atoms with Crippen molar-refractivity contribution < 1.29 is 9.59 Å². The van der Waals surface area contributed by atoms with Gasteiger partial charge in [0.1, 0.15) is 0 Å². The highest BCUT2D eigenvalue weighted by Crippen LogP contribution is 2.16. The van der Waals surface area contributed by atoms with Crippen molar-refractivity contribution in [3.63, 3.8) is 0 Å². The minimum atomic E-state index is 0. The van der Waals surface area contributed by atoms with E-state index in [0.717, 1.165) is 51.5 Å². The third kappa shape index (κ3) is 7.83. The van der Waals surface area contributed by atoms with Gasteiger partial charge in [0.25, 0.3) is 0 Å². The predicted molar refractivity (Wildman–Crippen MR) is 119 cm³/mol. The minimum Gasteiger partial charge on any atom is -0.357 e. The number of nitrogens with one attached hydrogen (secondary N) is 2. The molecule has 0 aromatic carbocycles. The molecule has 2 aliphatic heterocycles. The molecular formula is C19H36IN5O2. The van der Waals surface area contributed by atoms with Crippen molar-refractivity contribution in [3.8, 4) is 0 Å². The number of guanidine groups is 1. The van der Waals surface area contributed by atoms with Crippen molar-refractivity contribution in [2.45, 2.75) is 58.9 Å². The monoisotopic (exact) mass is 493 g/mol. The Hall–Kier alpha value is -1.06.